The lowest BCUT2D eigenvalue weighted by Gasteiger charge is -2.31. The number of fused-ring (bicyclic) bond motifs is 1. The Labute approximate surface area is 145 Å². The number of hydrogen-bond donors (Lipinski definition) is 3. The molecule has 0 radical (unpaired) electrons. The van der Waals surface area contributed by atoms with Gasteiger partial charge in [0.05, 0.1) is 11.1 Å². The van der Waals surface area contributed by atoms with Gasteiger partial charge in [-0.25, -0.2) is 9.78 Å². The lowest BCUT2D eigenvalue weighted by molar-refractivity contribution is -0.125. The predicted molar refractivity (Wildman–Crippen MR) is 92.3 cm³/mol. The van der Waals surface area contributed by atoms with E-state index in [9.17, 15) is 19.5 Å². The Morgan fingerprint density at radius 2 is 1.92 bits per heavy atom. The molecule has 1 unspecified atom stereocenters. The van der Waals surface area contributed by atoms with Crippen molar-refractivity contribution in [1.29, 1.82) is 0 Å². The molecule has 0 spiro atoms. The fourth-order valence-electron chi connectivity index (χ4n) is 2.57. The Balaban J connectivity index is 2.61. The summed E-state index contributed by atoms with van der Waals surface area (Å²) in [5.41, 5.74) is 4.69. The maximum absolute atomic E-state index is 12.7. The van der Waals surface area contributed by atoms with Gasteiger partial charge in [-0.2, -0.15) is 0 Å². The second kappa shape index (κ2) is 6.19. The minimum Gasteiger partial charge on any atom is -0.478 e. The Kier molecular flexibility index (Phi) is 4.57. The summed E-state index contributed by atoms with van der Waals surface area (Å²) in [6.07, 6.45) is 0. The van der Waals surface area contributed by atoms with E-state index in [0.29, 0.717) is 11.3 Å². The molecule has 25 heavy (non-hydrogen) atoms. The molecule has 0 saturated carbocycles. The highest BCUT2D eigenvalue weighted by Crippen LogP contribution is 2.24. The number of nitrogens with one attached hydrogen (secondary N) is 1. The van der Waals surface area contributed by atoms with E-state index < -0.39 is 23.3 Å². The van der Waals surface area contributed by atoms with Crippen LogP contribution in [0.1, 0.15) is 47.3 Å². The number of amides is 2. The molecular formula is C17H22N4O4. The highest BCUT2D eigenvalue weighted by molar-refractivity contribution is 6.12. The van der Waals surface area contributed by atoms with Crippen LogP contribution >= 0.6 is 0 Å². The maximum atomic E-state index is 12.7. The van der Waals surface area contributed by atoms with E-state index in [-0.39, 0.29) is 22.6 Å². The second-order valence-electron chi connectivity index (χ2n) is 6.55. The molecule has 0 aliphatic carbocycles. The highest BCUT2D eigenvalue weighted by Gasteiger charge is 2.37. The van der Waals surface area contributed by atoms with Crippen LogP contribution in [0.5, 0.6) is 0 Å². The highest BCUT2D eigenvalue weighted by atomic mass is 16.4. The molecule has 4 N–H and O–H groups in total. The first-order valence-corrected chi connectivity index (χ1v) is 7.82. The summed E-state index contributed by atoms with van der Waals surface area (Å²) in [4.78, 5) is 40.5. The number of aryl methyl sites for hydroxylation is 2. The van der Waals surface area contributed by atoms with Crippen molar-refractivity contribution in [2.75, 3.05) is 0 Å². The van der Waals surface area contributed by atoms with Gasteiger partial charge in [0.2, 0.25) is 5.91 Å². The zero-order valence-electron chi connectivity index (χ0n) is 14.9. The van der Waals surface area contributed by atoms with Gasteiger partial charge in [-0.1, -0.05) is 13.8 Å². The summed E-state index contributed by atoms with van der Waals surface area (Å²) in [6.45, 7) is 6.75. The number of rotatable bonds is 5. The second-order valence-corrected chi connectivity index (χ2v) is 6.55. The van der Waals surface area contributed by atoms with E-state index in [1.54, 1.807) is 38.5 Å². The molecule has 2 aromatic rings. The molecule has 1 aromatic heterocycles. The van der Waals surface area contributed by atoms with Crippen LogP contribution in [0.25, 0.3) is 11.0 Å². The van der Waals surface area contributed by atoms with Crippen molar-refractivity contribution in [3.63, 3.8) is 0 Å². The third-order valence-electron chi connectivity index (χ3n) is 4.78. The van der Waals surface area contributed by atoms with Crippen LogP contribution in [-0.4, -0.2) is 38.0 Å². The van der Waals surface area contributed by atoms with Crippen LogP contribution in [0.2, 0.25) is 0 Å². The lowest BCUT2D eigenvalue weighted by Crippen LogP contribution is -2.58. The SMILES string of the molecule is Cc1nc2c(C(=O)O)c(C(=O)NC(C)(C(N)=O)C(C)C)ccc2n1C. The van der Waals surface area contributed by atoms with Crippen molar-refractivity contribution in [2.45, 2.75) is 33.2 Å². The molecule has 2 rings (SSSR count). The van der Waals surface area contributed by atoms with E-state index in [1.165, 1.54) is 13.0 Å². The standard InChI is InChI=1S/C17H22N4O4/c1-8(2)17(4,16(18)25)20-14(22)10-6-7-11-13(12(10)15(23)24)19-9(3)21(11)5/h6-8H,1-5H3,(H2,18,25)(H,20,22)(H,23,24). The molecule has 1 aromatic carbocycles. The summed E-state index contributed by atoms with van der Waals surface area (Å²) in [7, 11) is 1.76. The third kappa shape index (κ3) is 2.95. The molecule has 8 heteroatoms. The minimum atomic E-state index is -1.30. The van der Waals surface area contributed by atoms with Gasteiger partial charge in [-0.15, -0.1) is 0 Å². The summed E-state index contributed by atoms with van der Waals surface area (Å²) >= 11 is 0. The van der Waals surface area contributed by atoms with Gasteiger partial charge in [-0.05, 0) is 31.9 Å². The first-order chi connectivity index (χ1) is 11.5. The van der Waals surface area contributed by atoms with E-state index in [0.717, 1.165) is 0 Å². The predicted octanol–water partition coefficient (Wildman–Crippen LogP) is 1.21. The topological polar surface area (TPSA) is 127 Å². The van der Waals surface area contributed by atoms with E-state index in [2.05, 4.69) is 10.3 Å². The number of hydrogen-bond acceptors (Lipinski definition) is 4. The minimum absolute atomic E-state index is 0.0637. The van der Waals surface area contributed by atoms with Crippen LogP contribution < -0.4 is 11.1 Å². The lowest BCUT2D eigenvalue weighted by atomic mass is 9.87. The van der Waals surface area contributed by atoms with Gasteiger partial charge in [0.15, 0.2) is 0 Å². The van der Waals surface area contributed by atoms with Crippen LogP contribution in [0.4, 0.5) is 0 Å². The molecule has 8 nitrogen and oxygen atoms in total. The van der Waals surface area contributed by atoms with Crippen LogP contribution in [-0.2, 0) is 11.8 Å². The van der Waals surface area contributed by atoms with Crippen LogP contribution in [0.15, 0.2) is 12.1 Å². The average Bonchev–Trinajstić information content (AvgIpc) is 2.80. The van der Waals surface area contributed by atoms with Crippen LogP contribution in [0, 0.1) is 12.8 Å². The number of carbonyl (C=O) groups excluding carboxylic acids is 2. The van der Waals surface area contributed by atoms with Gasteiger partial charge < -0.3 is 20.7 Å². The number of carbonyl (C=O) groups is 3. The van der Waals surface area contributed by atoms with Crippen molar-refractivity contribution in [3.8, 4) is 0 Å². The number of aromatic carboxylic acids is 1. The van der Waals surface area contributed by atoms with E-state index >= 15 is 0 Å². The van der Waals surface area contributed by atoms with E-state index in [4.69, 9.17) is 5.73 Å². The zero-order valence-corrected chi connectivity index (χ0v) is 14.9. The molecule has 134 valence electrons. The molecule has 0 saturated heterocycles. The number of nitrogens with two attached hydrogens (primary N) is 1. The number of nitrogens with zero attached hydrogens (tertiary/aromatic N) is 2. The van der Waals surface area contributed by atoms with Crippen molar-refractivity contribution >= 4 is 28.8 Å². The number of carboxylic acid groups (broad SMARTS) is 1. The van der Waals surface area contributed by atoms with Crippen molar-refractivity contribution in [1.82, 2.24) is 14.9 Å². The molecule has 2 amide bonds. The molecule has 0 aliphatic heterocycles. The first kappa shape index (κ1) is 18.4. The zero-order chi connectivity index (χ0) is 19.1. The van der Waals surface area contributed by atoms with Crippen LogP contribution in [0.3, 0.4) is 0 Å². The van der Waals surface area contributed by atoms with Crippen molar-refractivity contribution in [3.05, 3.63) is 29.1 Å². The molecule has 1 atom stereocenters. The smallest absolute Gasteiger partial charge is 0.338 e. The average molecular weight is 346 g/mol. The van der Waals surface area contributed by atoms with Crippen molar-refractivity contribution in [2.24, 2.45) is 18.7 Å². The Hall–Kier alpha value is -2.90. The third-order valence-corrected chi connectivity index (χ3v) is 4.78. The molecule has 1 heterocycles. The molecule has 0 bridgehead atoms. The Bertz CT molecular complexity index is 884. The molecular weight excluding hydrogens is 324 g/mol. The van der Waals surface area contributed by atoms with Gasteiger partial charge in [0, 0.05) is 7.05 Å². The Morgan fingerprint density at radius 1 is 1.32 bits per heavy atom. The number of aromatic nitrogens is 2. The van der Waals surface area contributed by atoms with Gasteiger partial charge >= 0.3 is 5.97 Å². The fourth-order valence-corrected chi connectivity index (χ4v) is 2.57. The van der Waals surface area contributed by atoms with Gasteiger partial charge in [0.1, 0.15) is 22.4 Å². The monoisotopic (exact) mass is 346 g/mol. The summed E-state index contributed by atoms with van der Waals surface area (Å²) in [6, 6.07) is 3.05. The molecule has 0 aliphatic rings. The summed E-state index contributed by atoms with van der Waals surface area (Å²) in [5, 5.41) is 12.2. The Morgan fingerprint density at radius 3 is 2.40 bits per heavy atom. The molecule has 0 fully saturated rings. The number of benzene rings is 1. The quantitative estimate of drug-likeness (QED) is 0.750. The van der Waals surface area contributed by atoms with Gasteiger partial charge in [0.25, 0.3) is 5.91 Å². The maximum Gasteiger partial charge on any atom is 0.338 e. The van der Waals surface area contributed by atoms with Gasteiger partial charge in [-0.3, -0.25) is 9.59 Å². The fraction of sp³-hybridized carbons (Fsp3) is 0.412. The van der Waals surface area contributed by atoms with Crippen molar-refractivity contribution < 1.29 is 19.5 Å². The number of primary amides is 1. The summed E-state index contributed by atoms with van der Waals surface area (Å²) in [5.74, 6) is -2.29. The number of carboxylic acids is 1. The van der Waals surface area contributed by atoms with E-state index in [1.807, 2.05) is 0 Å². The largest absolute Gasteiger partial charge is 0.478 e. The summed E-state index contributed by atoms with van der Waals surface area (Å²) < 4.78 is 1.74. The normalized spacial score (nSPS) is 13.7. The number of imidazole rings is 1. The first-order valence-electron chi connectivity index (χ1n) is 7.82.